The van der Waals surface area contributed by atoms with Gasteiger partial charge in [-0.2, -0.15) is 0 Å². The molecule has 0 N–H and O–H groups in total. The third-order valence-electron chi connectivity index (χ3n) is 7.29. The Balaban J connectivity index is 0.000000890. The number of aldehydes is 1. The zero-order valence-electron chi connectivity index (χ0n) is 21.9. The summed E-state index contributed by atoms with van der Waals surface area (Å²) in [6.07, 6.45) is 10.5. The van der Waals surface area contributed by atoms with E-state index in [4.69, 9.17) is 4.99 Å². The molecule has 0 unspecified atom stereocenters. The van der Waals surface area contributed by atoms with E-state index in [-0.39, 0.29) is 5.41 Å². The van der Waals surface area contributed by atoms with Crippen LogP contribution in [0, 0.1) is 0 Å². The highest BCUT2D eigenvalue weighted by atomic mass is 16.1. The highest BCUT2D eigenvalue weighted by Crippen LogP contribution is 2.45. The van der Waals surface area contributed by atoms with Gasteiger partial charge >= 0.3 is 0 Å². The number of hydrogen-bond donors (Lipinski definition) is 0. The maximum atomic E-state index is 11.6. The normalized spacial score (nSPS) is 19.8. The average molecular weight is 452 g/mol. The molecule has 1 aliphatic heterocycles. The number of carbonyl (C=O) groups is 1. The smallest absolute Gasteiger partial charge is 0.147 e. The van der Waals surface area contributed by atoms with E-state index in [2.05, 4.69) is 61.4 Å². The lowest BCUT2D eigenvalue weighted by atomic mass is 9.75. The lowest BCUT2D eigenvalue weighted by Crippen LogP contribution is -2.46. The summed E-state index contributed by atoms with van der Waals surface area (Å²) in [4.78, 5) is 20.7. The minimum Gasteiger partial charge on any atom is -0.372 e. The number of aliphatic imine (C=N–C) groups is 1. The predicted octanol–water partition coefficient (Wildman–Crippen LogP) is 6.52. The number of benzene rings is 1. The summed E-state index contributed by atoms with van der Waals surface area (Å²) in [5.74, 6) is 1.07. The molecule has 2 aliphatic rings. The van der Waals surface area contributed by atoms with E-state index in [0.29, 0.717) is 0 Å². The Morgan fingerprint density at radius 1 is 1.15 bits per heavy atom. The summed E-state index contributed by atoms with van der Waals surface area (Å²) < 4.78 is 0. The van der Waals surface area contributed by atoms with Gasteiger partial charge in [0, 0.05) is 44.6 Å². The molecule has 0 amide bonds. The highest BCUT2D eigenvalue weighted by molar-refractivity contribution is 5.88. The van der Waals surface area contributed by atoms with Gasteiger partial charge < -0.3 is 9.80 Å². The Kier molecular flexibility index (Phi) is 10.4. The molecule has 3 rings (SSSR count). The maximum absolute atomic E-state index is 11.6. The van der Waals surface area contributed by atoms with Crippen LogP contribution in [0.25, 0.3) is 0 Å². The van der Waals surface area contributed by atoms with Crippen molar-refractivity contribution in [1.29, 1.82) is 0 Å². The molecule has 1 heterocycles. The standard InChI is InChI=1S/C25H35N3O.C4H10/c1-6-21-10-9-11-22(16-21)25(12-7-8-13-25)17-23(26-4)28-15-14-27(5)20(3)24(28)19(2)18-29;1-3-4-2/h9-11,16,18H,3,6-8,12-15,17H2,1-2,4-5H3;3-4H2,1-2H3/b24-19-,26-23?;. The van der Waals surface area contributed by atoms with Gasteiger partial charge in [0.2, 0.25) is 0 Å². The monoisotopic (exact) mass is 451 g/mol. The number of unbranched alkanes of at least 4 members (excludes halogenated alkanes) is 1. The minimum atomic E-state index is 0.130. The molecule has 1 saturated carbocycles. The van der Waals surface area contributed by atoms with E-state index in [1.54, 1.807) is 0 Å². The lowest BCUT2D eigenvalue weighted by Gasteiger charge is -2.42. The lowest BCUT2D eigenvalue weighted by molar-refractivity contribution is -0.105. The number of piperazine rings is 1. The summed E-state index contributed by atoms with van der Waals surface area (Å²) >= 11 is 0. The van der Waals surface area contributed by atoms with Gasteiger partial charge in [-0.1, -0.05) is 77.3 Å². The Bertz CT molecular complexity index is 859. The Labute approximate surface area is 202 Å². The molecule has 0 bridgehead atoms. The summed E-state index contributed by atoms with van der Waals surface area (Å²) in [6.45, 7) is 14.4. The quantitative estimate of drug-likeness (QED) is 0.214. The van der Waals surface area contributed by atoms with Crippen LogP contribution < -0.4 is 0 Å². The number of allylic oxidation sites excluding steroid dienone is 1. The van der Waals surface area contributed by atoms with Gasteiger partial charge in [0.1, 0.15) is 12.1 Å². The van der Waals surface area contributed by atoms with Crippen LogP contribution in [-0.4, -0.2) is 49.1 Å². The molecule has 1 aromatic rings. The zero-order valence-corrected chi connectivity index (χ0v) is 21.9. The van der Waals surface area contributed by atoms with Crippen molar-refractivity contribution in [3.8, 4) is 0 Å². The summed E-state index contributed by atoms with van der Waals surface area (Å²) in [5, 5.41) is 0. The SMILES string of the molecule is C=C1/C(=C(\C)C=O)N(C(CC2(c3cccc(CC)c3)CCCC2)=NC)CCN1C.CCCC. The van der Waals surface area contributed by atoms with Crippen LogP contribution in [0.1, 0.15) is 83.8 Å². The van der Waals surface area contributed by atoms with Crippen molar-refractivity contribution in [2.45, 2.75) is 84.5 Å². The van der Waals surface area contributed by atoms with E-state index >= 15 is 0 Å². The first kappa shape index (κ1) is 26.9. The summed E-state index contributed by atoms with van der Waals surface area (Å²) in [6, 6.07) is 9.12. The maximum Gasteiger partial charge on any atom is 0.147 e. The number of hydrogen-bond acceptors (Lipinski definition) is 3. The van der Waals surface area contributed by atoms with Gasteiger partial charge in [-0.05, 0) is 37.3 Å². The molecule has 1 aliphatic carbocycles. The van der Waals surface area contributed by atoms with Crippen molar-refractivity contribution in [2.75, 3.05) is 27.2 Å². The predicted molar refractivity (Wildman–Crippen MR) is 142 cm³/mol. The molecule has 4 nitrogen and oxygen atoms in total. The van der Waals surface area contributed by atoms with Crippen molar-refractivity contribution in [2.24, 2.45) is 4.99 Å². The third-order valence-corrected chi connectivity index (χ3v) is 7.29. The Hall–Kier alpha value is -2.36. The van der Waals surface area contributed by atoms with Crippen LogP contribution in [0.2, 0.25) is 0 Å². The van der Waals surface area contributed by atoms with E-state index in [1.807, 2.05) is 21.0 Å². The molecule has 0 spiro atoms. The fourth-order valence-electron chi connectivity index (χ4n) is 4.93. The zero-order chi connectivity index (χ0) is 24.4. The minimum absolute atomic E-state index is 0.130. The molecular formula is C29H45N3O. The molecule has 2 fully saturated rings. The van der Waals surface area contributed by atoms with E-state index < -0.39 is 0 Å². The third kappa shape index (κ3) is 6.37. The largest absolute Gasteiger partial charge is 0.372 e. The molecule has 0 radical (unpaired) electrons. The van der Waals surface area contributed by atoms with E-state index in [1.165, 1.54) is 49.7 Å². The molecule has 33 heavy (non-hydrogen) atoms. The summed E-state index contributed by atoms with van der Waals surface area (Å²) in [7, 11) is 3.92. The summed E-state index contributed by atoms with van der Waals surface area (Å²) in [5.41, 5.74) is 5.51. The van der Waals surface area contributed by atoms with Crippen LogP contribution in [0.5, 0.6) is 0 Å². The van der Waals surface area contributed by atoms with Gasteiger partial charge in [0.15, 0.2) is 0 Å². The van der Waals surface area contributed by atoms with Gasteiger partial charge in [-0.3, -0.25) is 9.79 Å². The molecular weight excluding hydrogens is 406 g/mol. The fraction of sp³-hybridized carbons (Fsp3) is 0.586. The van der Waals surface area contributed by atoms with Crippen molar-refractivity contribution in [1.82, 2.24) is 9.80 Å². The van der Waals surface area contributed by atoms with Gasteiger partial charge in [-0.25, -0.2) is 0 Å². The number of carbonyl (C=O) groups excluding carboxylic acids is 1. The van der Waals surface area contributed by atoms with E-state index in [9.17, 15) is 4.79 Å². The first-order valence-electron chi connectivity index (χ1n) is 12.8. The van der Waals surface area contributed by atoms with Crippen LogP contribution in [0.3, 0.4) is 0 Å². The van der Waals surface area contributed by atoms with Crippen molar-refractivity contribution >= 4 is 12.1 Å². The Morgan fingerprint density at radius 3 is 2.36 bits per heavy atom. The number of aryl methyl sites for hydroxylation is 1. The first-order chi connectivity index (χ1) is 15.9. The topological polar surface area (TPSA) is 35.9 Å². The van der Waals surface area contributed by atoms with Crippen LogP contribution in [0.4, 0.5) is 0 Å². The highest BCUT2D eigenvalue weighted by Gasteiger charge is 2.39. The van der Waals surface area contributed by atoms with Crippen LogP contribution >= 0.6 is 0 Å². The van der Waals surface area contributed by atoms with Gasteiger partial charge in [0.25, 0.3) is 0 Å². The molecule has 0 atom stereocenters. The van der Waals surface area contributed by atoms with Crippen molar-refractivity contribution in [3.05, 3.63) is 58.9 Å². The molecule has 182 valence electrons. The van der Waals surface area contributed by atoms with Gasteiger partial charge in [0.05, 0.1) is 11.4 Å². The van der Waals surface area contributed by atoms with Crippen molar-refractivity contribution in [3.63, 3.8) is 0 Å². The Morgan fingerprint density at radius 2 is 1.82 bits per heavy atom. The second-order valence-corrected chi connectivity index (χ2v) is 9.53. The number of amidine groups is 1. The number of rotatable bonds is 6. The molecule has 1 saturated heterocycles. The average Bonchev–Trinajstić information content (AvgIpc) is 3.33. The van der Waals surface area contributed by atoms with E-state index in [0.717, 1.165) is 55.0 Å². The molecule has 0 aromatic heterocycles. The van der Waals surface area contributed by atoms with Crippen LogP contribution in [-0.2, 0) is 16.6 Å². The van der Waals surface area contributed by atoms with Crippen LogP contribution in [0.15, 0.2) is 52.8 Å². The molecule has 1 aromatic carbocycles. The van der Waals surface area contributed by atoms with Gasteiger partial charge in [-0.15, -0.1) is 0 Å². The second-order valence-electron chi connectivity index (χ2n) is 9.53. The second kappa shape index (κ2) is 12.8. The first-order valence-corrected chi connectivity index (χ1v) is 12.8. The van der Waals surface area contributed by atoms with Crippen molar-refractivity contribution < 1.29 is 4.79 Å². The number of nitrogens with zero attached hydrogens (tertiary/aromatic N) is 3. The fourth-order valence-corrected chi connectivity index (χ4v) is 4.93. The molecule has 4 heteroatoms. The number of likely N-dealkylation sites (N-methyl/N-ethyl adjacent to an activating group) is 1.